The molecule has 2 aliphatic heterocycles. The zero-order valence-corrected chi connectivity index (χ0v) is 21.2. The van der Waals surface area contributed by atoms with Crippen LogP contribution in [0, 0.1) is 5.92 Å². The van der Waals surface area contributed by atoms with Crippen molar-refractivity contribution < 1.29 is 0 Å². The maximum absolute atomic E-state index is 5.74. The van der Waals surface area contributed by atoms with Crippen molar-refractivity contribution >= 4 is 34.9 Å². The van der Waals surface area contributed by atoms with E-state index < -0.39 is 0 Å². The third-order valence-corrected chi connectivity index (χ3v) is 8.12. The molecule has 2 aromatic rings. The summed E-state index contributed by atoms with van der Waals surface area (Å²) in [7, 11) is 0. The summed E-state index contributed by atoms with van der Waals surface area (Å²) in [6.45, 7) is 7.41. The molecule has 3 fully saturated rings. The summed E-state index contributed by atoms with van der Waals surface area (Å²) in [5.41, 5.74) is 1.57. The monoisotopic (exact) mass is 478 g/mol. The van der Waals surface area contributed by atoms with Gasteiger partial charge in [-0.05, 0) is 62.2 Å². The molecule has 0 unspecified atom stereocenters. The average Bonchev–Trinajstić information content (AvgIpc) is 3.57. The molecule has 7 heteroatoms. The number of hydrogen-bond donors (Lipinski definition) is 2. The Balaban J connectivity index is 1.31. The van der Waals surface area contributed by atoms with Crippen molar-refractivity contribution in [3.8, 4) is 0 Å². The quantitative estimate of drug-likeness (QED) is 0.560. The highest BCUT2D eigenvalue weighted by Crippen LogP contribution is 2.40. The summed E-state index contributed by atoms with van der Waals surface area (Å²) >= 11 is 5.74. The maximum atomic E-state index is 5.74. The van der Waals surface area contributed by atoms with Gasteiger partial charge in [0, 0.05) is 44.2 Å². The van der Waals surface area contributed by atoms with E-state index in [4.69, 9.17) is 22.2 Å². The molecule has 1 aliphatic carbocycles. The van der Waals surface area contributed by atoms with Crippen molar-refractivity contribution in [3.63, 3.8) is 0 Å². The molecular formula is C27H38N6S. The highest BCUT2D eigenvalue weighted by Gasteiger charge is 2.35. The Morgan fingerprint density at radius 2 is 1.65 bits per heavy atom. The van der Waals surface area contributed by atoms with Crippen LogP contribution >= 0.6 is 12.2 Å². The first kappa shape index (κ1) is 23.3. The standard InChI is InChI=1S/C27H38N6S/c1-21-10-9-17-33(19-21)24-18-23(32-15-7-8-16-32)29-25(30-24)31-26(34)28-20-27(13-5-6-14-27)22-11-3-2-4-12-22/h2-4,11-12,18,21H,5-10,13-17,19-20H2,1H3,(H2,28,29,30,31,34)/t21-/m0/s1. The fourth-order valence-corrected chi connectivity index (χ4v) is 6.12. The molecule has 5 rings (SSSR count). The molecular weight excluding hydrogens is 440 g/mol. The highest BCUT2D eigenvalue weighted by atomic mass is 32.1. The van der Waals surface area contributed by atoms with Crippen molar-refractivity contribution in [2.45, 2.75) is 63.7 Å². The van der Waals surface area contributed by atoms with E-state index in [1.807, 2.05) is 0 Å². The van der Waals surface area contributed by atoms with Crippen LogP contribution in [0.1, 0.15) is 63.9 Å². The van der Waals surface area contributed by atoms with Crippen LogP contribution in [0.4, 0.5) is 17.6 Å². The lowest BCUT2D eigenvalue weighted by molar-refractivity contribution is 0.435. The number of hydrogen-bond acceptors (Lipinski definition) is 5. The van der Waals surface area contributed by atoms with Crippen molar-refractivity contribution in [2.75, 3.05) is 47.8 Å². The number of rotatable bonds is 6. The van der Waals surface area contributed by atoms with E-state index >= 15 is 0 Å². The number of nitrogens with zero attached hydrogens (tertiary/aromatic N) is 4. The number of piperidine rings is 1. The summed E-state index contributed by atoms with van der Waals surface area (Å²) in [6, 6.07) is 13.1. The summed E-state index contributed by atoms with van der Waals surface area (Å²) in [5, 5.41) is 7.46. The summed E-state index contributed by atoms with van der Waals surface area (Å²) in [4.78, 5) is 14.6. The summed E-state index contributed by atoms with van der Waals surface area (Å²) < 4.78 is 0. The van der Waals surface area contributed by atoms with Crippen molar-refractivity contribution in [1.29, 1.82) is 0 Å². The van der Waals surface area contributed by atoms with E-state index in [-0.39, 0.29) is 5.41 Å². The molecule has 1 aromatic carbocycles. The molecule has 1 atom stereocenters. The van der Waals surface area contributed by atoms with Gasteiger partial charge in [0.05, 0.1) is 0 Å². The molecule has 1 saturated carbocycles. The second-order valence-electron chi connectivity index (χ2n) is 10.5. The Morgan fingerprint density at radius 1 is 0.971 bits per heavy atom. The highest BCUT2D eigenvalue weighted by molar-refractivity contribution is 7.80. The molecule has 2 saturated heterocycles. The smallest absolute Gasteiger partial charge is 0.232 e. The zero-order valence-electron chi connectivity index (χ0n) is 20.4. The molecule has 34 heavy (non-hydrogen) atoms. The molecule has 182 valence electrons. The second kappa shape index (κ2) is 10.5. The van der Waals surface area contributed by atoms with Gasteiger partial charge in [0.25, 0.3) is 0 Å². The minimum absolute atomic E-state index is 0.153. The van der Waals surface area contributed by atoms with Crippen LogP contribution in [0.25, 0.3) is 0 Å². The Labute approximate surface area is 209 Å². The lowest BCUT2D eigenvalue weighted by Crippen LogP contribution is -2.41. The van der Waals surface area contributed by atoms with E-state index in [0.717, 1.165) is 44.4 Å². The molecule has 3 aliphatic rings. The SMILES string of the molecule is C[C@H]1CCCN(c2cc(N3CCCC3)nc(NC(=S)NCC3(c4ccccc4)CCCC3)n2)C1. The van der Waals surface area contributed by atoms with Gasteiger partial charge in [-0.3, -0.25) is 0 Å². The molecule has 3 heterocycles. The van der Waals surface area contributed by atoms with Crippen LogP contribution < -0.4 is 20.4 Å². The molecule has 0 bridgehead atoms. The minimum atomic E-state index is 0.153. The topological polar surface area (TPSA) is 56.3 Å². The van der Waals surface area contributed by atoms with Gasteiger partial charge in [-0.25, -0.2) is 0 Å². The van der Waals surface area contributed by atoms with Crippen LogP contribution in [0.2, 0.25) is 0 Å². The summed E-state index contributed by atoms with van der Waals surface area (Å²) in [5.74, 6) is 3.34. The number of nitrogens with one attached hydrogen (secondary N) is 2. The van der Waals surface area contributed by atoms with Gasteiger partial charge in [0.2, 0.25) is 5.95 Å². The van der Waals surface area contributed by atoms with E-state index in [1.165, 1.54) is 56.9 Å². The fourth-order valence-electron chi connectivity index (χ4n) is 5.95. The average molecular weight is 479 g/mol. The van der Waals surface area contributed by atoms with Gasteiger partial charge in [-0.15, -0.1) is 0 Å². The van der Waals surface area contributed by atoms with Crippen molar-refractivity contribution in [2.24, 2.45) is 5.92 Å². The molecule has 1 aromatic heterocycles. The van der Waals surface area contributed by atoms with Gasteiger partial charge in [-0.2, -0.15) is 9.97 Å². The van der Waals surface area contributed by atoms with Crippen LogP contribution in [0.15, 0.2) is 36.4 Å². The normalized spacial score (nSPS) is 22.1. The van der Waals surface area contributed by atoms with E-state index in [9.17, 15) is 0 Å². The second-order valence-corrected chi connectivity index (χ2v) is 10.9. The van der Waals surface area contributed by atoms with Crippen molar-refractivity contribution in [1.82, 2.24) is 15.3 Å². The fraction of sp³-hybridized carbons (Fsp3) is 0.593. The maximum Gasteiger partial charge on any atom is 0.232 e. The van der Waals surface area contributed by atoms with Gasteiger partial charge in [-0.1, -0.05) is 50.1 Å². The van der Waals surface area contributed by atoms with Crippen molar-refractivity contribution in [3.05, 3.63) is 42.0 Å². The summed E-state index contributed by atoms with van der Waals surface area (Å²) in [6.07, 6.45) is 9.91. The zero-order chi connectivity index (χ0) is 23.4. The van der Waals surface area contributed by atoms with Crippen LogP contribution in [0.5, 0.6) is 0 Å². The number of benzene rings is 1. The van der Waals surface area contributed by atoms with Gasteiger partial charge in [0.15, 0.2) is 5.11 Å². The Bertz CT molecular complexity index is 968. The minimum Gasteiger partial charge on any atom is -0.361 e. The first-order valence-electron chi connectivity index (χ1n) is 13.1. The van der Waals surface area contributed by atoms with Crippen LogP contribution in [-0.2, 0) is 5.41 Å². The van der Waals surface area contributed by atoms with Gasteiger partial charge >= 0.3 is 0 Å². The van der Waals surface area contributed by atoms with E-state index in [1.54, 1.807) is 0 Å². The third-order valence-electron chi connectivity index (χ3n) is 7.87. The lowest BCUT2D eigenvalue weighted by atomic mass is 9.79. The van der Waals surface area contributed by atoms with Crippen LogP contribution in [0.3, 0.4) is 0 Å². The van der Waals surface area contributed by atoms with Crippen LogP contribution in [-0.4, -0.2) is 47.8 Å². The Morgan fingerprint density at radius 3 is 2.35 bits per heavy atom. The number of anilines is 3. The lowest BCUT2D eigenvalue weighted by Gasteiger charge is -2.33. The molecule has 0 spiro atoms. The third kappa shape index (κ3) is 5.29. The predicted octanol–water partition coefficient (Wildman–Crippen LogP) is 5.11. The number of thiocarbonyl (C=S) groups is 1. The molecule has 0 amide bonds. The van der Waals surface area contributed by atoms with Gasteiger partial charge in [0.1, 0.15) is 11.6 Å². The Hall–Kier alpha value is -2.41. The largest absolute Gasteiger partial charge is 0.361 e. The molecule has 2 N–H and O–H groups in total. The molecule has 6 nitrogen and oxygen atoms in total. The Kier molecular flexibility index (Phi) is 7.18. The number of aromatic nitrogens is 2. The first-order chi connectivity index (χ1) is 16.6. The molecule has 0 radical (unpaired) electrons. The predicted molar refractivity (Wildman–Crippen MR) is 145 cm³/mol. The van der Waals surface area contributed by atoms with E-state index in [0.29, 0.717) is 17.0 Å². The van der Waals surface area contributed by atoms with Gasteiger partial charge < -0.3 is 20.4 Å². The first-order valence-corrected chi connectivity index (χ1v) is 13.5. The van der Waals surface area contributed by atoms with E-state index in [2.05, 4.69) is 63.8 Å².